The molecule has 9 heteroatoms. The number of aliphatic hydroxyl groups excluding tert-OH is 2. The molecule has 1 aliphatic rings. The molecule has 0 radical (unpaired) electrons. The minimum Gasteiger partial charge on any atom is -0.394 e. The third kappa shape index (κ3) is 11.8. The fourth-order valence-electron chi connectivity index (χ4n) is 2.13. The molecule has 0 amide bonds. The molecule has 0 aromatic carbocycles. The highest BCUT2D eigenvalue weighted by Crippen LogP contribution is 2.15. The van der Waals surface area contributed by atoms with Crippen LogP contribution >= 0.6 is 0 Å². The second-order valence-corrected chi connectivity index (χ2v) is 5.47. The van der Waals surface area contributed by atoms with Crippen molar-refractivity contribution in [1.29, 1.82) is 0 Å². The molecule has 25 heavy (non-hydrogen) atoms. The quantitative estimate of drug-likeness (QED) is 0.462. The molecule has 0 unspecified atom stereocenters. The van der Waals surface area contributed by atoms with E-state index in [4.69, 9.17) is 43.4 Å². The van der Waals surface area contributed by atoms with Gasteiger partial charge in [-0.3, -0.25) is 0 Å². The Morgan fingerprint density at radius 2 is 1.16 bits per heavy atom. The van der Waals surface area contributed by atoms with Crippen molar-refractivity contribution in [3.05, 3.63) is 0 Å². The predicted octanol–water partition coefficient (Wildman–Crippen LogP) is -1.16. The zero-order valence-electron chi connectivity index (χ0n) is 14.9. The molecule has 0 atom stereocenters. The lowest BCUT2D eigenvalue weighted by atomic mass is 10.1. The maximum atomic E-state index is 8.93. The summed E-state index contributed by atoms with van der Waals surface area (Å²) < 4.78 is 38.8. The molecule has 150 valence electrons. The Labute approximate surface area is 149 Å². The highest BCUT2D eigenvalue weighted by Gasteiger charge is 2.33. The molecule has 1 aliphatic heterocycles. The normalized spacial score (nSPS) is 20.4. The number of rotatable bonds is 10. The van der Waals surface area contributed by atoms with Crippen molar-refractivity contribution in [1.82, 2.24) is 0 Å². The van der Waals surface area contributed by atoms with E-state index < -0.39 is 5.60 Å². The Bertz CT molecular complexity index is 277. The first-order chi connectivity index (χ1) is 12.3. The third-order valence-electron chi connectivity index (χ3n) is 3.32. The van der Waals surface area contributed by atoms with Gasteiger partial charge in [0.15, 0.2) is 0 Å². The molecule has 9 nitrogen and oxygen atoms in total. The molecule has 0 bridgehead atoms. The van der Waals surface area contributed by atoms with Crippen molar-refractivity contribution in [2.24, 2.45) is 0 Å². The number of aliphatic hydroxyl groups is 2. The van der Waals surface area contributed by atoms with Gasteiger partial charge in [0.1, 0.15) is 5.60 Å². The summed E-state index contributed by atoms with van der Waals surface area (Å²) in [4.78, 5) is 0. The molecule has 1 saturated heterocycles. The van der Waals surface area contributed by atoms with Gasteiger partial charge in [-0.2, -0.15) is 0 Å². The van der Waals surface area contributed by atoms with Crippen LogP contribution in [-0.4, -0.2) is 115 Å². The van der Waals surface area contributed by atoms with Gasteiger partial charge < -0.3 is 43.4 Å². The summed E-state index contributed by atoms with van der Waals surface area (Å²) in [5.41, 5.74) is -0.814. The molecule has 2 N–H and O–H groups in total. The van der Waals surface area contributed by atoms with Crippen LogP contribution in [0.5, 0.6) is 0 Å². The van der Waals surface area contributed by atoms with Crippen LogP contribution < -0.4 is 0 Å². The lowest BCUT2D eigenvalue weighted by molar-refractivity contribution is -0.176. The average Bonchev–Trinajstić information content (AvgIpc) is 2.64. The number of hydrogen-bond acceptors (Lipinski definition) is 9. The van der Waals surface area contributed by atoms with Crippen LogP contribution in [0.2, 0.25) is 0 Å². The molecule has 1 heterocycles. The summed E-state index contributed by atoms with van der Waals surface area (Å²) in [6.45, 7) is 4.59. The topological polar surface area (TPSA) is 105 Å². The summed E-state index contributed by atoms with van der Waals surface area (Å²) >= 11 is 0. The first-order valence-electron chi connectivity index (χ1n) is 8.65. The average molecular weight is 368 g/mol. The lowest BCUT2D eigenvalue weighted by Gasteiger charge is -2.33. The van der Waals surface area contributed by atoms with E-state index in [-0.39, 0.29) is 46.2 Å². The molecule has 0 saturated carbocycles. The molecule has 1 rings (SSSR count). The van der Waals surface area contributed by atoms with Crippen molar-refractivity contribution in [2.45, 2.75) is 5.60 Å². The van der Waals surface area contributed by atoms with Crippen molar-refractivity contribution in [2.75, 3.05) is 99.1 Å². The van der Waals surface area contributed by atoms with E-state index in [2.05, 4.69) is 0 Å². The fourth-order valence-corrected chi connectivity index (χ4v) is 2.13. The summed E-state index contributed by atoms with van der Waals surface area (Å²) in [6.07, 6.45) is 0. The van der Waals surface area contributed by atoms with E-state index in [0.717, 1.165) is 0 Å². The third-order valence-corrected chi connectivity index (χ3v) is 3.32. The Kier molecular flexibility index (Phi) is 14.4. The minimum atomic E-state index is -0.814. The molecule has 0 spiro atoms. The molecule has 0 aliphatic carbocycles. The van der Waals surface area contributed by atoms with E-state index in [1.165, 1.54) is 0 Å². The van der Waals surface area contributed by atoms with Gasteiger partial charge >= 0.3 is 0 Å². The first kappa shape index (κ1) is 22.7. The Balaban J connectivity index is 2.55. The summed E-state index contributed by atoms with van der Waals surface area (Å²) in [5.74, 6) is 0. The highest BCUT2D eigenvalue weighted by atomic mass is 16.6. The number of hydrogen-bond donors (Lipinski definition) is 2. The van der Waals surface area contributed by atoms with Crippen molar-refractivity contribution < 1.29 is 43.4 Å². The summed E-state index contributed by atoms with van der Waals surface area (Å²) in [5, 5.41) is 17.7. The zero-order chi connectivity index (χ0) is 18.1. The van der Waals surface area contributed by atoms with Crippen LogP contribution in [0.3, 0.4) is 0 Å². The minimum absolute atomic E-state index is 0.0308. The second-order valence-electron chi connectivity index (χ2n) is 5.47. The van der Waals surface area contributed by atoms with Gasteiger partial charge in [0.05, 0.1) is 99.1 Å². The molecule has 0 aromatic heterocycles. The molecule has 0 aromatic rings. The zero-order valence-corrected chi connectivity index (χ0v) is 14.9. The first-order valence-corrected chi connectivity index (χ1v) is 8.65. The highest BCUT2D eigenvalue weighted by molar-refractivity contribution is 4.81. The SMILES string of the molecule is OCCOCCOC1(COCCO)COCCOCCOCCOC1. The number of ether oxygens (including phenoxy) is 7. The van der Waals surface area contributed by atoms with Gasteiger partial charge in [-0.1, -0.05) is 0 Å². The lowest BCUT2D eigenvalue weighted by Crippen LogP contribution is -2.48. The van der Waals surface area contributed by atoms with E-state index in [1.54, 1.807) is 0 Å². The van der Waals surface area contributed by atoms with Crippen LogP contribution in [0, 0.1) is 0 Å². The van der Waals surface area contributed by atoms with Crippen LogP contribution in [-0.2, 0) is 33.2 Å². The van der Waals surface area contributed by atoms with Gasteiger partial charge in [-0.05, 0) is 0 Å². The Hall–Kier alpha value is -0.360. The monoisotopic (exact) mass is 368 g/mol. The Morgan fingerprint density at radius 1 is 0.640 bits per heavy atom. The van der Waals surface area contributed by atoms with Gasteiger partial charge in [0.25, 0.3) is 0 Å². The van der Waals surface area contributed by atoms with E-state index in [0.29, 0.717) is 52.9 Å². The van der Waals surface area contributed by atoms with Gasteiger partial charge in [0.2, 0.25) is 0 Å². The molecular weight excluding hydrogens is 336 g/mol. The molecule has 1 fully saturated rings. The van der Waals surface area contributed by atoms with Crippen LogP contribution in [0.1, 0.15) is 0 Å². The summed E-state index contributed by atoms with van der Waals surface area (Å²) in [6, 6.07) is 0. The van der Waals surface area contributed by atoms with Gasteiger partial charge in [0, 0.05) is 0 Å². The fraction of sp³-hybridized carbons (Fsp3) is 1.00. The Morgan fingerprint density at radius 3 is 1.72 bits per heavy atom. The van der Waals surface area contributed by atoms with Gasteiger partial charge in [-0.25, -0.2) is 0 Å². The molecular formula is C16H32O9. The smallest absolute Gasteiger partial charge is 0.138 e. The second kappa shape index (κ2) is 15.9. The standard InChI is InChI=1S/C16H32O9/c17-1-3-19-11-12-25-16(13-22-4-2-18)14-23-9-7-20-5-6-21-8-10-24-15-16/h17-18H,1-15H2. The predicted molar refractivity (Wildman–Crippen MR) is 87.8 cm³/mol. The summed E-state index contributed by atoms with van der Waals surface area (Å²) in [7, 11) is 0. The van der Waals surface area contributed by atoms with Crippen LogP contribution in [0.25, 0.3) is 0 Å². The van der Waals surface area contributed by atoms with Crippen molar-refractivity contribution in [3.63, 3.8) is 0 Å². The van der Waals surface area contributed by atoms with Crippen molar-refractivity contribution in [3.8, 4) is 0 Å². The van der Waals surface area contributed by atoms with Crippen molar-refractivity contribution >= 4 is 0 Å². The maximum Gasteiger partial charge on any atom is 0.138 e. The van der Waals surface area contributed by atoms with Crippen LogP contribution in [0.15, 0.2) is 0 Å². The maximum absolute atomic E-state index is 8.93. The largest absolute Gasteiger partial charge is 0.394 e. The van der Waals surface area contributed by atoms with E-state index in [1.807, 2.05) is 0 Å². The van der Waals surface area contributed by atoms with E-state index in [9.17, 15) is 0 Å². The van der Waals surface area contributed by atoms with Crippen LogP contribution in [0.4, 0.5) is 0 Å². The van der Waals surface area contributed by atoms with E-state index >= 15 is 0 Å². The van der Waals surface area contributed by atoms with Gasteiger partial charge in [-0.15, -0.1) is 0 Å².